The number of hydrogen-bond donors (Lipinski definition) is 0. The minimum absolute atomic E-state index is 0.115. The zero-order valence-corrected chi connectivity index (χ0v) is 17.0. The smallest absolute Gasteiger partial charge is 0.192 e. The molecule has 0 radical (unpaired) electrons. The van der Waals surface area contributed by atoms with Crippen molar-refractivity contribution in [2.24, 2.45) is 0 Å². The van der Waals surface area contributed by atoms with Crippen molar-refractivity contribution >= 4 is 25.5 Å². The normalized spacial score (nSPS) is 10.8. The molecule has 0 spiro atoms. The number of carbonyl (C=O) groups excluding carboxylic acids is 1. The number of carbonyl (C=O) groups is 1. The molecule has 2 nitrogen and oxygen atoms in total. The standard InChI is InChI=1S/C23H25NOSi/c1-24(2)21-12-8-11-20(23(21)26(3)4)22(25)19-15-13-18(14-16-19)17-9-6-5-7-10-17/h5-16,26H,1-4H3. The average Bonchev–Trinajstić information content (AvgIpc) is 2.67. The molecule has 0 aromatic heterocycles. The van der Waals surface area contributed by atoms with Crippen LogP contribution in [0.5, 0.6) is 0 Å². The van der Waals surface area contributed by atoms with Gasteiger partial charge in [-0.3, -0.25) is 4.79 Å². The molecule has 0 heterocycles. The Labute approximate surface area is 157 Å². The van der Waals surface area contributed by atoms with Gasteiger partial charge >= 0.3 is 0 Å². The first-order chi connectivity index (χ1) is 12.5. The number of nitrogens with zero attached hydrogens (tertiary/aromatic N) is 1. The molecule has 0 N–H and O–H groups in total. The van der Waals surface area contributed by atoms with Gasteiger partial charge in [0.2, 0.25) is 0 Å². The lowest BCUT2D eigenvalue weighted by Crippen LogP contribution is -2.34. The monoisotopic (exact) mass is 359 g/mol. The van der Waals surface area contributed by atoms with Crippen LogP contribution in [0.4, 0.5) is 5.69 Å². The maximum absolute atomic E-state index is 13.2. The first kappa shape index (κ1) is 18.1. The van der Waals surface area contributed by atoms with Crippen molar-refractivity contribution in [3.63, 3.8) is 0 Å². The lowest BCUT2D eigenvalue weighted by molar-refractivity contribution is 0.104. The van der Waals surface area contributed by atoms with Crippen LogP contribution in [-0.2, 0) is 0 Å². The Morgan fingerprint density at radius 3 is 1.96 bits per heavy atom. The van der Waals surface area contributed by atoms with E-state index in [4.69, 9.17) is 0 Å². The molecule has 0 aliphatic heterocycles. The summed E-state index contributed by atoms with van der Waals surface area (Å²) in [6.07, 6.45) is 0. The molecule has 3 aromatic rings. The third kappa shape index (κ3) is 3.63. The van der Waals surface area contributed by atoms with Gasteiger partial charge in [-0.15, -0.1) is 0 Å². The van der Waals surface area contributed by atoms with E-state index in [1.54, 1.807) is 0 Å². The van der Waals surface area contributed by atoms with Crippen molar-refractivity contribution in [1.29, 1.82) is 0 Å². The summed E-state index contributed by atoms with van der Waals surface area (Å²) in [6, 6.07) is 24.3. The highest BCUT2D eigenvalue weighted by atomic mass is 28.3. The molecular formula is C23H25NOSi. The van der Waals surface area contributed by atoms with Crippen LogP contribution in [0.3, 0.4) is 0 Å². The van der Waals surface area contributed by atoms with Gasteiger partial charge in [0.1, 0.15) is 0 Å². The molecule has 0 saturated carbocycles. The Morgan fingerprint density at radius 1 is 0.769 bits per heavy atom. The average molecular weight is 360 g/mol. The second-order valence-corrected chi connectivity index (χ2v) is 9.95. The highest BCUT2D eigenvalue weighted by molar-refractivity contribution is 6.73. The summed E-state index contributed by atoms with van der Waals surface area (Å²) < 4.78 is 0. The fraction of sp³-hybridized carbons (Fsp3) is 0.174. The number of anilines is 1. The molecule has 0 bridgehead atoms. The van der Waals surface area contributed by atoms with Gasteiger partial charge < -0.3 is 4.90 Å². The van der Waals surface area contributed by atoms with Gasteiger partial charge in [0, 0.05) is 30.9 Å². The minimum Gasteiger partial charge on any atom is -0.378 e. The number of hydrogen-bond acceptors (Lipinski definition) is 2. The molecule has 3 rings (SSSR count). The van der Waals surface area contributed by atoms with Crippen LogP contribution < -0.4 is 10.1 Å². The predicted molar refractivity (Wildman–Crippen MR) is 115 cm³/mol. The van der Waals surface area contributed by atoms with Crippen molar-refractivity contribution in [2.45, 2.75) is 13.1 Å². The number of rotatable bonds is 5. The summed E-state index contributed by atoms with van der Waals surface area (Å²) in [5.41, 5.74) is 5.05. The quantitative estimate of drug-likeness (QED) is 0.499. The van der Waals surface area contributed by atoms with Gasteiger partial charge in [-0.25, -0.2) is 0 Å². The molecule has 26 heavy (non-hydrogen) atoms. The van der Waals surface area contributed by atoms with Crippen LogP contribution in [0, 0.1) is 0 Å². The molecule has 0 aliphatic carbocycles. The predicted octanol–water partition coefficient (Wildman–Crippen LogP) is 4.34. The summed E-state index contributed by atoms with van der Waals surface area (Å²) in [5, 5.41) is 1.25. The van der Waals surface area contributed by atoms with E-state index < -0.39 is 8.80 Å². The van der Waals surface area contributed by atoms with E-state index in [0.717, 1.165) is 22.3 Å². The largest absolute Gasteiger partial charge is 0.378 e. The van der Waals surface area contributed by atoms with Gasteiger partial charge in [-0.1, -0.05) is 79.8 Å². The van der Waals surface area contributed by atoms with E-state index in [1.165, 1.54) is 10.9 Å². The van der Waals surface area contributed by atoms with Crippen LogP contribution in [-0.4, -0.2) is 28.7 Å². The maximum atomic E-state index is 13.2. The molecule has 0 unspecified atom stereocenters. The van der Waals surface area contributed by atoms with Crippen LogP contribution in [0.15, 0.2) is 72.8 Å². The molecule has 3 heteroatoms. The summed E-state index contributed by atoms with van der Waals surface area (Å²) in [7, 11) is 2.92. The van der Waals surface area contributed by atoms with E-state index in [1.807, 2.05) is 68.7 Å². The van der Waals surface area contributed by atoms with Crippen LogP contribution in [0.1, 0.15) is 15.9 Å². The van der Waals surface area contributed by atoms with Gasteiger partial charge in [-0.2, -0.15) is 0 Å². The first-order valence-corrected chi connectivity index (χ1v) is 11.9. The van der Waals surface area contributed by atoms with E-state index in [0.29, 0.717) is 0 Å². The summed E-state index contributed by atoms with van der Waals surface area (Å²) in [6.45, 7) is 4.55. The van der Waals surface area contributed by atoms with Crippen molar-refractivity contribution in [1.82, 2.24) is 0 Å². The Morgan fingerprint density at radius 2 is 1.38 bits per heavy atom. The van der Waals surface area contributed by atoms with Crippen molar-refractivity contribution in [2.75, 3.05) is 19.0 Å². The second kappa shape index (κ2) is 7.71. The molecular weight excluding hydrogens is 334 g/mol. The van der Waals surface area contributed by atoms with Crippen LogP contribution in [0.2, 0.25) is 13.1 Å². The first-order valence-electron chi connectivity index (χ1n) is 8.99. The zero-order valence-electron chi connectivity index (χ0n) is 15.9. The molecule has 0 aliphatic rings. The maximum Gasteiger partial charge on any atom is 0.192 e. The van der Waals surface area contributed by atoms with Crippen molar-refractivity contribution in [3.8, 4) is 11.1 Å². The fourth-order valence-electron chi connectivity index (χ4n) is 3.35. The molecule has 0 atom stereocenters. The fourth-order valence-corrected chi connectivity index (χ4v) is 5.14. The number of ketones is 1. The van der Waals surface area contributed by atoms with E-state index in [-0.39, 0.29) is 5.78 Å². The van der Waals surface area contributed by atoms with Crippen molar-refractivity contribution < 1.29 is 4.79 Å². The molecule has 0 saturated heterocycles. The summed E-state index contributed by atoms with van der Waals surface area (Å²) >= 11 is 0. The van der Waals surface area contributed by atoms with Crippen LogP contribution in [0.25, 0.3) is 11.1 Å². The SMILES string of the molecule is CN(C)c1cccc(C(=O)c2ccc(-c3ccccc3)cc2)c1[SiH](C)C. The van der Waals surface area contributed by atoms with E-state index in [9.17, 15) is 4.79 Å². The summed E-state index contributed by atoms with van der Waals surface area (Å²) in [5.74, 6) is 0.115. The Balaban J connectivity index is 1.99. The highest BCUT2D eigenvalue weighted by Crippen LogP contribution is 2.21. The Bertz CT molecular complexity index is 899. The highest BCUT2D eigenvalue weighted by Gasteiger charge is 2.20. The van der Waals surface area contributed by atoms with Crippen LogP contribution >= 0.6 is 0 Å². The molecule has 3 aromatic carbocycles. The van der Waals surface area contributed by atoms with E-state index in [2.05, 4.69) is 36.2 Å². The van der Waals surface area contributed by atoms with E-state index >= 15 is 0 Å². The lowest BCUT2D eigenvalue weighted by Gasteiger charge is -2.22. The third-order valence-electron chi connectivity index (χ3n) is 4.64. The molecule has 0 amide bonds. The Kier molecular flexibility index (Phi) is 5.38. The van der Waals surface area contributed by atoms with Gasteiger partial charge in [-0.05, 0) is 22.4 Å². The summed E-state index contributed by atoms with van der Waals surface area (Å²) in [4.78, 5) is 15.3. The molecule has 132 valence electrons. The second-order valence-electron chi connectivity index (χ2n) is 7.06. The Hall–Kier alpha value is -2.65. The third-order valence-corrected chi connectivity index (χ3v) is 6.40. The zero-order chi connectivity index (χ0) is 18.7. The lowest BCUT2D eigenvalue weighted by atomic mass is 9.99. The molecule has 0 fully saturated rings. The number of benzene rings is 3. The van der Waals surface area contributed by atoms with Crippen molar-refractivity contribution in [3.05, 3.63) is 83.9 Å². The van der Waals surface area contributed by atoms with Gasteiger partial charge in [0.15, 0.2) is 5.78 Å². The van der Waals surface area contributed by atoms with Gasteiger partial charge in [0.25, 0.3) is 0 Å². The van der Waals surface area contributed by atoms with Gasteiger partial charge in [0.05, 0.1) is 8.80 Å². The topological polar surface area (TPSA) is 20.3 Å². The minimum atomic E-state index is -1.16.